The van der Waals surface area contributed by atoms with E-state index in [9.17, 15) is 14.4 Å². The van der Waals surface area contributed by atoms with E-state index >= 15 is 0 Å². The quantitative estimate of drug-likeness (QED) is 0.744. The number of methoxy groups -OCH3 is 1. The highest BCUT2D eigenvalue weighted by molar-refractivity contribution is 5.98. The van der Waals surface area contributed by atoms with E-state index in [0.717, 1.165) is 0 Å². The summed E-state index contributed by atoms with van der Waals surface area (Å²) < 4.78 is 4.72. The van der Waals surface area contributed by atoms with Crippen LogP contribution in [0, 0.1) is 11.8 Å². The lowest BCUT2D eigenvalue weighted by Gasteiger charge is -2.26. The van der Waals surface area contributed by atoms with Crippen LogP contribution in [0.1, 0.15) is 38.1 Å². The molecular formula is C18H26N2O4. The lowest BCUT2D eigenvalue weighted by molar-refractivity contribution is -0.146. The Labute approximate surface area is 143 Å². The molecule has 1 rings (SSSR count). The van der Waals surface area contributed by atoms with Crippen LogP contribution < -0.4 is 10.6 Å². The first kappa shape index (κ1) is 19.7. The molecule has 6 heteroatoms. The Hall–Kier alpha value is -2.37. The number of amides is 2. The van der Waals surface area contributed by atoms with Crippen molar-refractivity contribution >= 4 is 17.8 Å². The second kappa shape index (κ2) is 9.05. The highest BCUT2D eigenvalue weighted by Gasteiger charge is 2.30. The fraction of sp³-hybridized carbons (Fsp3) is 0.500. The largest absolute Gasteiger partial charge is 0.467 e. The van der Waals surface area contributed by atoms with Gasteiger partial charge in [0, 0.05) is 5.56 Å². The Kier molecular flexibility index (Phi) is 7.42. The molecule has 2 N–H and O–H groups in total. The van der Waals surface area contributed by atoms with E-state index in [1.54, 1.807) is 24.3 Å². The number of esters is 1. The minimum Gasteiger partial charge on any atom is -0.467 e. The normalized spacial score (nSPS) is 13.3. The molecule has 132 valence electrons. The van der Waals surface area contributed by atoms with E-state index in [1.165, 1.54) is 7.11 Å². The molecule has 0 heterocycles. The zero-order valence-electron chi connectivity index (χ0n) is 14.8. The molecule has 0 radical (unpaired) electrons. The fourth-order valence-electron chi connectivity index (χ4n) is 2.22. The summed E-state index contributed by atoms with van der Waals surface area (Å²) in [6, 6.07) is 7.18. The van der Waals surface area contributed by atoms with Gasteiger partial charge in [-0.25, -0.2) is 4.79 Å². The zero-order chi connectivity index (χ0) is 18.3. The van der Waals surface area contributed by atoms with Crippen molar-refractivity contribution < 1.29 is 19.1 Å². The third kappa shape index (κ3) is 5.37. The molecule has 2 amide bonds. The van der Waals surface area contributed by atoms with Crippen LogP contribution in [0.15, 0.2) is 30.3 Å². The molecule has 0 aromatic heterocycles. The summed E-state index contributed by atoms with van der Waals surface area (Å²) in [6.45, 7) is 7.29. The zero-order valence-corrected chi connectivity index (χ0v) is 14.8. The van der Waals surface area contributed by atoms with Gasteiger partial charge in [-0.05, 0) is 24.0 Å². The van der Waals surface area contributed by atoms with Crippen molar-refractivity contribution in [3.63, 3.8) is 0 Å². The van der Waals surface area contributed by atoms with Gasteiger partial charge in [0.15, 0.2) is 0 Å². The van der Waals surface area contributed by atoms with Crippen LogP contribution in [-0.4, -0.2) is 37.0 Å². The summed E-state index contributed by atoms with van der Waals surface area (Å²) in [5.74, 6) is -1.50. The Bertz CT molecular complexity index is 570. The third-order valence-electron chi connectivity index (χ3n) is 3.69. The lowest BCUT2D eigenvalue weighted by atomic mass is 10.00. The molecule has 1 aromatic rings. The Balaban J connectivity index is 2.85. The van der Waals surface area contributed by atoms with Gasteiger partial charge >= 0.3 is 5.97 Å². The standard InChI is InChI=1S/C18H26N2O4/c1-11(2)14(19-16(21)13-9-7-6-8-10-13)17(22)20-15(12(3)4)18(23)24-5/h6-12,14-15H,1-5H3,(H,19,21)(H,20,22)/t14-,15+/m1/s1. The third-order valence-corrected chi connectivity index (χ3v) is 3.69. The van der Waals surface area contributed by atoms with Gasteiger partial charge in [-0.15, -0.1) is 0 Å². The molecular weight excluding hydrogens is 308 g/mol. The first-order valence-electron chi connectivity index (χ1n) is 8.02. The van der Waals surface area contributed by atoms with Crippen molar-refractivity contribution in [3.05, 3.63) is 35.9 Å². The fourth-order valence-corrected chi connectivity index (χ4v) is 2.22. The van der Waals surface area contributed by atoms with Gasteiger partial charge in [0.1, 0.15) is 12.1 Å². The molecule has 0 aliphatic rings. The number of ether oxygens (including phenoxy) is 1. The summed E-state index contributed by atoms with van der Waals surface area (Å²) in [7, 11) is 1.28. The monoisotopic (exact) mass is 334 g/mol. The van der Waals surface area contributed by atoms with E-state index in [-0.39, 0.29) is 17.7 Å². The van der Waals surface area contributed by atoms with Crippen molar-refractivity contribution in [1.29, 1.82) is 0 Å². The highest BCUT2D eigenvalue weighted by atomic mass is 16.5. The molecule has 2 atom stereocenters. The number of hydrogen-bond donors (Lipinski definition) is 2. The van der Waals surface area contributed by atoms with Crippen LogP contribution in [0.25, 0.3) is 0 Å². The number of nitrogens with one attached hydrogen (secondary N) is 2. The van der Waals surface area contributed by atoms with Crippen molar-refractivity contribution in [3.8, 4) is 0 Å². The van der Waals surface area contributed by atoms with E-state index in [0.29, 0.717) is 5.56 Å². The summed E-state index contributed by atoms with van der Waals surface area (Å²) in [6.07, 6.45) is 0. The molecule has 0 aliphatic heterocycles. The topological polar surface area (TPSA) is 84.5 Å². The molecule has 0 bridgehead atoms. The Morgan fingerprint density at radius 2 is 1.42 bits per heavy atom. The van der Waals surface area contributed by atoms with Gasteiger partial charge in [0.2, 0.25) is 5.91 Å². The molecule has 0 saturated heterocycles. The van der Waals surface area contributed by atoms with Crippen LogP contribution >= 0.6 is 0 Å². The maximum absolute atomic E-state index is 12.6. The van der Waals surface area contributed by atoms with E-state index in [4.69, 9.17) is 4.74 Å². The SMILES string of the molecule is COC(=O)[C@@H](NC(=O)[C@H](NC(=O)c1ccccc1)C(C)C)C(C)C. The maximum atomic E-state index is 12.6. The van der Waals surface area contributed by atoms with Crippen LogP contribution in [-0.2, 0) is 14.3 Å². The van der Waals surface area contributed by atoms with Crippen molar-refractivity contribution in [2.75, 3.05) is 7.11 Å². The predicted octanol–water partition coefficient (Wildman–Crippen LogP) is 1.75. The van der Waals surface area contributed by atoms with Gasteiger partial charge in [-0.3, -0.25) is 9.59 Å². The van der Waals surface area contributed by atoms with E-state index in [2.05, 4.69) is 10.6 Å². The van der Waals surface area contributed by atoms with Gasteiger partial charge in [-0.1, -0.05) is 45.9 Å². The number of hydrogen-bond acceptors (Lipinski definition) is 4. The Morgan fingerprint density at radius 1 is 0.875 bits per heavy atom. The van der Waals surface area contributed by atoms with E-state index < -0.39 is 24.0 Å². The van der Waals surface area contributed by atoms with Crippen LogP contribution in [0.4, 0.5) is 0 Å². The molecule has 0 spiro atoms. The number of carbonyl (C=O) groups excluding carboxylic acids is 3. The summed E-state index contributed by atoms with van der Waals surface area (Å²) in [5, 5.41) is 5.41. The maximum Gasteiger partial charge on any atom is 0.328 e. The number of benzene rings is 1. The van der Waals surface area contributed by atoms with E-state index in [1.807, 2.05) is 33.8 Å². The predicted molar refractivity (Wildman–Crippen MR) is 91.3 cm³/mol. The van der Waals surface area contributed by atoms with Crippen molar-refractivity contribution in [2.45, 2.75) is 39.8 Å². The minimum absolute atomic E-state index is 0.126. The van der Waals surface area contributed by atoms with Gasteiger partial charge in [-0.2, -0.15) is 0 Å². The number of rotatable bonds is 7. The molecule has 0 unspecified atom stereocenters. The summed E-state index contributed by atoms with van der Waals surface area (Å²) >= 11 is 0. The second-order valence-corrected chi connectivity index (χ2v) is 6.31. The molecule has 0 saturated carbocycles. The second-order valence-electron chi connectivity index (χ2n) is 6.31. The number of carbonyl (C=O) groups is 3. The van der Waals surface area contributed by atoms with Gasteiger partial charge in [0.25, 0.3) is 5.91 Å². The first-order valence-corrected chi connectivity index (χ1v) is 8.02. The summed E-state index contributed by atoms with van der Waals surface area (Å²) in [4.78, 5) is 36.6. The smallest absolute Gasteiger partial charge is 0.328 e. The molecule has 0 aliphatic carbocycles. The van der Waals surface area contributed by atoms with Crippen LogP contribution in [0.3, 0.4) is 0 Å². The Morgan fingerprint density at radius 3 is 1.88 bits per heavy atom. The summed E-state index contributed by atoms with van der Waals surface area (Å²) in [5.41, 5.74) is 0.476. The van der Waals surface area contributed by atoms with Crippen molar-refractivity contribution in [2.24, 2.45) is 11.8 Å². The first-order chi connectivity index (χ1) is 11.3. The van der Waals surface area contributed by atoms with Gasteiger partial charge < -0.3 is 15.4 Å². The van der Waals surface area contributed by atoms with Crippen LogP contribution in [0.2, 0.25) is 0 Å². The van der Waals surface area contributed by atoms with Crippen molar-refractivity contribution in [1.82, 2.24) is 10.6 Å². The minimum atomic E-state index is -0.752. The molecule has 6 nitrogen and oxygen atoms in total. The lowest BCUT2D eigenvalue weighted by Crippen LogP contribution is -2.55. The molecule has 1 aromatic carbocycles. The average molecular weight is 334 g/mol. The molecule has 0 fully saturated rings. The van der Waals surface area contributed by atoms with Crippen LogP contribution in [0.5, 0.6) is 0 Å². The average Bonchev–Trinajstić information content (AvgIpc) is 2.56. The highest BCUT2D eigenvalue weighted by Crippen LogP contribution is 2.09. The van der Waals surface area contributed by atoms with Gasteiger partial charge in [0.05, 0.1) is 7.11 Å². The molecule has 24 heavy (non-hydrogen) atoms.